The van der Waals surface area contributed by atoms with Crippen LogP contribution >= 0.6 is 11.3 Å². The van der Waals surface area contributed by atoms with E-state index in [1.54, 1.807) is 31.2 Å². The molecule has 4 rings (SSSR count). The van der Waals surface area contributed by atoms with E-state index in [1.165, 1.54) is 22.3 Å². The predicted octanol–water partition coefficient (Wildman–Crippen LogP) is 4.83. The maximum absolute atomic E-state index is 13.3. The van der Waals surface area contributed by atoms with Gasteiger partial charge in [-0.25, -0.2) is 0 Å². The average Bonchev–Trinajstić information content (AvgIpc) is 3.40. The first-order chi connectivity index (χ1) is 16.9. The van der Waals surface area contributed by atoms with Crippen molar-refractivity contribution in [1.82, 2.24) is 10.2 Å². The standard InChI is InChI=1S/C26H25N3O5S/c1-4-33-20-14-12-18(15-21(20)34-5-2)23-22(19(30)13-11-17-9-7-6-8-10-17)24(31)25(32)29(23)26-28-27-16(3)35-26/h6-15,23,31H,4-5H2,1-3H3/b13-11+. The van der Waals surface area contributed by atoms with Gasteiger partial charge in [-0.2, -0.15) is 0 Å². The predicted molar refractivity (Wildman–Crippen MR) is 134 cm³/mol. The summed E-state index contributed by atoms with van der Waals surface area (Å²) >= 11 is 1.20. The van der Waals surface area contributed by atoms with Gasteiger partial charge in [-0.1, -0.05) is 53.8 Å². The molecule has 0 saturated heterocycles. The summed E-state index contributed by atoms with van der Waals surface area (Å²) in [6.45, 7) is 6.34. The molecule has 1 aliphatic heterocycles. The maximum Gasteiger partial charge on any atom is 0.296 e. The second-order valence-corrected chi connectivity index (χ2v) is 8.78. The third kappa shape index (κ3) is 4.95. The Morgan fingerprint density at radius 3 is 2.46 bits per heavy atom. The number of aromatic nitrogens is 2. The van der Waals surface area contributed by atoms with Crippen molar-refractivity contribution in [3.8, 4) is 11.5 Å². The first kappa shape index (κ1) is 24.2. The van der Waals surface area contributed by atoms with E-state index in [0.717, 1.165) is 5.56 Å². The Morgan fingerprint density at radius 1 is 1.09 bits per heavy atom. The molecule has 0 spiro atoms. The molecule has 0 saturated carbocycles. The quantitative estimate of drug-likeness (QED) is 0.428. The molecule has 1 unspecified atom stereocenters. The molecule has 0 fully saturated rings. The summed E-state index contributed by atoms with van der Waals surface area (Å²) < 4.78 is 11.4. The highest BCUT2D eigenvalue weighted by Crippen LogP contribution is 2.44. The van der Waals surface area contributed by atoms with Gasteiger partial charge < -0.3 is 14.6 Å². The monoisotopic (exact) mass is 491 g/mol. The number of carbonyl (C=O) groups excluding carboxylic acids is 2. The number of amides is 1. The third-order valence-electron chi connectivity index (χ3n) is 5.30. The molecule has 35 heavy (non-hydrogen) atoms. The van der Waals surface area contributed by atoms with Crippen LogP contribution in [0.4, 0.5) is 5.13 Å². The SMILES string of the molecule is CCOc1ccc(C2C(C(=O)/C=C/c3ccccc3)=C(O)C(=O)N2c2nnc(C)s2)cc1OCC. The van der Waals surface area contributed by atoms with Crippen LogP contribution in [0.1, 0.15) is 36.0 Å². The van der Waals surface area contributed by atoms with E-state index in [-0.39, 0.29) is 10.7 Å². The van der Waals surface area contributed by atoms with Crippen molar-refractivity contribution < 1.29 is 24.2 Å². The fraction of sp³-hybridized carbons (Fsp3) is 0.231. The molecule has 180 valence electrons. The molecule has 1 atom stereocenters. The van der Waals surface area contributed by atoms with Crippen LogP contribution in [-0.2, 0) is 9.59 Å². The number of aryl methyl sites for hydroxylation is 1. The first-order valence-electron chi connectivity index (χ1n) is 11.2. The number of rotatable bonds is 9. The largest absolute Gasteiger partial charge is 0.503 e. The molecule has 9 heteroatoms. The highest BCUT2D eigenvalue weighted by Gasteiger charge is 2.45. The van der Waals surface area contributed by atoms with Gasteiger partial charge in [0, 0.05) is 0 Å². The molecule has 8 nitrogen and oxygen atoms in total. The summed E-state index contributed by atoms with van der Waals surface area (Å²) in [6.07, 6.45) is 3.00. The Labute approximate surface area is 207 Å². The molecule has 1 N–H and O–H groups in total. The Balaban J connectivity index is 1.81. The van der Waals surface area contributed by atoms with Crippen LogP contribution in [0, 0.1) is 6.92 Å². The summed E-state index contributed by atoms with van der Waals surface area (Å²) in [7, 11) is 0. The molecule has 3 aromatic rings. The van der Waals surface area contributed by atoms with Gasteiger partial charge in [0.1, 0.15) is 5.01 Å². The first-order valence-corrected chi connectivity index (χ1v) is 12.0. The lowest BCUT2D eigenvalue weighted by molar-refractivity contribution is -0.117. The van der Waals surface area contributed by atoms with Crippen LogP contribution in [0.25, 0.3) is 6.08 Å². The molecule has 0 radical (unpaired) electrons. The molecule has 2 aromatic carbocycles. The van der Waals surface area contributed by atoms with Crippen LogP contribution in [-0.4, -0.2) is 40.2 Å². The molecular formula is C26H25N3O5S. The lowest BCUT2D eigenvalue weighted by Gasteiger charge is -2.24. The third-order valence-corrected chi connectivity index (χ3v) is 6.14. The van der Waals surface area contributed by atoms with Crippen LogP contribution in [0.15, 0.2) is 65.9 Å². The van der Waals surface area contributed by atoms with Gasteiger partial charge in [0.2, 0.25) is 5.13 Å². The van der Waals surface area contributed by atoms with E-state index in [9.17, 15) is 14.7 Å². The number of anilines is 1. The van der Waals surface area contributed by atoms with Crippen molar-refractivity contribution in [2.45, 2.75) is 26.8 Å². The van der Waals surface area contributed by atoms with Gasteiger partial charge in [-0.15, -0.1) is 10.2 Å². The molecule has 1 aliphatic rings. The summed E-state index contributed by atoms with van der Waals surface area (Å²) in [5.41, 5.74) is 1.35. The number of hydrogen-bond acceptors (Lipinski definition) is 8. The zero-order valence-electron chi connectivity index (χ0n) is 19.6. The number of hydrogen-bond donors (Lipinski definition) is 1. The van der Waals surface area contributed by atoms with Gasteiger partial charge in [0.25, 0.3) is 5.91 Å². The van der Waals surface area contributed by atoms with E-state index in [4.69, 9.17) is 9.47 Å². The summed E-state index contributed by atoms with van der Waals surface area (Å²) in [5.74, 6) is -0.788. The number of ether oxygens (including phenoxy) is 2. The summed E-state index contributed by atoms with van der Waals surface area (Å²) in [5, 5.41) is 19.9. The number of ketones is 1. The maximum atomic E-state index is 13.3. The number of aliphatic hydroxyl groups excluding tert-OH is 1. The lowest BCUT2D eigenvalue weighted by Crippen LogP contribution is -2.31. The van der Waals surface area contributed by atoms with E-state index in [2.05, 4.69) is 10.2 Å². The minimum atomic E-state index is -0.919. The summed E-state index contributed by atoms with van der Waals surface area (Å²) in [4.78, 5) is 27.8. The number of allylic oxidation sites excluding steroid dienone is 1. The lowest BCUT2D eigenvalue weighted by atomic mass is 9.95. The highest BCUT2D eigenvalue weighted by molar-refractivity contribution is 7.15. The molecular weight excluding hydrogens is 466 g/mol. The molecule has 0 bridgehead atoms. The van der Waals surface area contributed by atoms with Crippen LogP contribution in [0.3, 0.4) is 0 Å². The van der Waals surface area contributed by atoms with Crippen LogP contribution in [0.2, 0.25) is 0 Å². The zero-order valence-corrected chi connectivity index (χ0v) is 20.4. The van der Waals surface area contributed by atoms with Gasteiger partial charge in [-0.3, -0.25) is 14.5 Å². The average molecular weight is 492 g/mol. The Kier molecular flexibility index (Phi) is 7.26. The fourth-order valence-electron chi connectivity index (χ4n) is 3.82. The number of nitrogens with zero attached hydrogens (tertiary/aromatic N) is 3. The number of carbonyl (C=O) groups is 2. The number of benzene rings is 2. The second-order valence-electron chi connectivity index (χ2n) is 7.62. The normalized spacial score (nSPS) is 15.8. The molecule has 2 heterocycles. The van der Waals surface area contributed by atoms with Gasteiger partial charge in [0.05, 0.1) is 24.8 Å². The Hall–Kier alpha value is -3.98. The second kappa shape index (κ2) is 10.5. The van der Waals surface area contributed by atoms with Gasteiger partial charge >= 0.3 is 0 Å². The molecule has 0 aliphatic carbocycles. The molecule has 1 amide bonds. The minimum absolute atomic E-state index is 0.0401. The van der Waals surface area contributed by atoms with Crippen LogP contribution in [0.5, 0.6) is 11.5 Å². The number of aliphatic hydroxyl groups is 1. The minimum Gasteiger partial charge on any atom is -0.503 e. The smallest absolute Gasteiger partial charge is 0.296 e. The van der Waals surface area contributed by atoms with Crippen molar-refractivity contribution >= 4 is 34.2 Å². The van der Waals surface area contributed by atoms with E-state index >= 15 is 0 Å². The Bertz CT molecular complexity index is 1300. The molecule has 1 aromatic heterocycles. The van der Waals surface area contributed by atoms with E-state index < -0.39 is 23.5 Å². The topological polar surface area (TPSA) is 102 Å². The summed E-state index contributed by atoms with van der Waals surface area (Å²) in [6, 6.07) is 13.6. The van der Waals surface area contributed by atoms with Crippen LogP contribution < -0.4 is 14.4 Å². The van der Waals surface area contributed by atoms with Crippen molar-refractivity contribution in [1.29, 1.82) is 0 Å². The van der Waals surface area contributed by atoms with Gasteiger partial charge in [-0.05, 0) is 50.1 Å². The fourth-order valence-corrected chi connectivity index (χ4v) is 4.53. The highest BCUT2D eigenvalue weighted by atomic mass is 32.1. The van der Waals surface area contributed by atoms with Gasteiger partial charge in [0.15, 0.2) is 23.0 Å². The van der Waals surface area contributed by atoms with Crippen molar-refractivity contribution in [2.24, 2.45) is 0 Å². The zero-order chi connectivity index (χ0) is 24.9. The van der Waals surface area contributed by atoms with E-state index in [1.807, 2.05) is 44.2 Å². The van der Waals surface area contributed by atoms with Crippen molar-refractivity contribution in [2.75, 3.05) is 18.1 Å². The van der Waals surface area contributed by atoms with Crippen molar-refractivity contribution in [3.05, 3.63) is 82.1 Å². The Morgan fingerprint density at radius 2 is 1.80 bits per heavy atom. The van der Waals surface area contributed by atoms with E-state index in [0.29, 0.717) is 35.3 Å². The van der Waals surface area contributed by atoms with Crippen molar-refractivity contribution in [3.63, 3.8) is 0 Å².